The van der Waals surface area contributed by atoms with Crippen LogP contribution in [0, 0.1) is 5.92 Å². The Bertz CT molecular complexity index is 406. The Kier molecular flexibility index (Phi) is 3.78. The number of nitrogens with zero attached hydrogens (tertiary/aromatic N) is 3. The van der Waals surface area contributed by atoms with Crippen molar-refractivity contribution in [2.24, 2.45) is 5.92 Å². The van der Waals surface area contributed by atoms with Crippen molar-refractivity contribution in [3.8, 4) is 0 Å². The molecule has 0 bridgehead atoms. The Labute approximate surface area is 116 Å². The molecule has 2 aliphatic rings. The van der Waals surface area contributed by atoms with Crippen molar-refractivity contribution in [2.45, 2.75) is 51.6 Å². The molecule has 0 saturated carbocycles. The largest absolute Gasteiger partial charge is 0.342 e. The van der Waals surface area contributed by atoms with Crippen LogP contribution in [0.4, 0.5) is 5.95 Å². The van der Waals surface area contributed by atoms with Crippen LogP contribution in [0.1, 0.15) is 45.6 Å². The summed E-state index contributed by atoms with van der Waals surface area (Å²) in [6.07, 6.45) is 9.42. The van der Waals surface area contributed by atoms with E-state index < -0.39 is 0 Å². The molecule has 4 nitrogen and oxygen atoms in total. The summed E-state index contributed by atoms with van der Waals surface area (Å²) in [5, 5.41) is 3.68. The van der Waals surface area contributed by atoms with Gasteiger partial charge in [0.05, 0.1) is 0 Å². The first kappa shape index (κ1) is 13.0. The Morgan fingerprint density at radius 3 is 2.95 bits per heavy atom. The van der Waals surface area contributed by atoms with Crippen LogP contribution in [-0.4, -0.2) is 35.2 Å². The molecule has 1 aromatic heterocycles. The van der Waals surface area contributed by atoms with Crippen LogP contribution in [0.3, 0.4) is 0 Å². The second-order valence-electron chi connectivity index (χ2n) is 6.28. The second-order valence-corrected chi connectivity index (χ2v) is 6.28. The lowest BCUT2D eigenvalue weighted by atomic mass is 9.90. The maximum atomic E-state index is 4.59. The van der Waals surface area contributed by atoms with Gasteiger partial charge in [0.1, 0.15) is 0 Å². The SMILES string of the molecule is CC(C)n1ccnc1N1CCCC(C2CCCN2)C1. The monoisotopic (exact) mass is 262 g/mol. The van der Waals surface area contributed by atoms with Gasteiger partial charge in [-0.3, -0.25) is 0 Å². The summed E-state index contributed by atoms with van der Waals surface area (Å²) in [4.78, 5) is 7.08. The third-order valence-electron chi connectivity index (χ3n) is 4.61. The number of rotatable bonds is 3. The number of imidazole rings is 1. The number of hydrogen-bond donors (Lipinski definition) is 1. The molecule has 2 aliphatic heterocycles. The molecule has 0 radical (unpaired) electrons. The van der Waals surface area contributed by atoms with Crippen molar-refractivity contribution in [3.63, 3.8) is 0 Å². The first-order chi connectivity index (χ1) is 9.25. The van der Waals surface area contributed by atoms with E-state index in [1.807, 2.05) is 6.20 Å². The van der Waals surface area contributed by atoms with Crippen molar-refractivity contribution in [1.29, 1.82) is 0 Å². The smallest absolute Gasteiger partial charge is 0.205 e. The molecular formula is C15H26N4. The highest BCUT2D eigenvalue weighted by molar-refractivity contribution is 5.33. The predicted octanol–water partition coefficient (Wildman–Crippen LogP) is 2.43. The summed E-state index contributed by atoms with van der Waals surface area (Å²) in [5.74, 6) is 1.96. The number of hydrogen-bond acceptors (Lipinski definition) is 3. The van der Waals surface area contributed by atoms with Gasteiger partial charge in [-0.05, 0) is 52.0 Å². The molecular weight excluding hydrogens is 236 g/mol. The van der Waals surface area contributed by atoms with Gasteiger partial charge in [-0.1, -0.05) is 0 Å². The number of anilines is 1. The Balaban J connectivity index is 1.72. The van der Waals surface area contributed by atoms with E-state index >= 15 is 0 Å². The van der Waals surface area contributed by atoms with Gasteiger partial charge in [0.25, 0.3) is 0 Å². The zero-order chi connectivity index (χ0) is 13.2. The van der Waals surface area contributed by atoms with Crippen LogP contribution in [0.15, 0.2) is 12.4 Å². The molecule has 0 aromatic carbocycles. The van der Waals surface area contributed by atoms with E-state index in [9.17, 15) is 0 Å². The molecule has 4 heteroatoms. The number of piperidine rings is 1. The molecule has 2 atom stereocenters. The van der Waals surface area contributed by atoms with Crippen LogP contribution < -0.4 is 10.2 Å². The molecule has 0 aliphatic carbocycles. The first-order valence-corrected chi connectivity index (χ1v) is 7.77. The molecule has 2 unspecified atom stereocenters. The van der Waals surface area contributed by atoms with E-state index in [1.54, 1.807) is 0 Å². The standard InChI is InChI=1S/C15H26N4/c1-12(2)19-10-8-17-15(19)18-9-4-5-13(11-18)14-6-3-7-16-14/h8,10,12-14,16H,3-7,9,11H2,1-2H3. The van der Waals surface area contributed by atoms with Gasteiger partial charge in [0.2, 0.25) is 5.95 Å². The average Bonchev–Trinajstić information content (AvgIpc) is 3.10. The molecule has 106 valence electrons. The van der Waals surface area contributed by atoms with Crippen LogP contribution in [0.2, 0.25) is 0 Å². The minimum Gasteiger partial charge on any atom is -0.342 e. The van der Waals surface area contributed by atoms with E-state index in [-0.39, 0.29) is 0 Å². The fourth-order valence-corrected chi connectivity index (χ4v) is 3.59. The third-order valence-corrected chi connectivity index (χ3v) is 4.61. The fourth-order valence-electron chi connectivity index (χ4n) is 3.59. The predicted molar refractivity (Wildman–Crippen MR) is 78.6 cm³/mol. The molecule has 2 fully saturated rings. The second kappa shape index (κ2) is 5.53. The minimum absolute atomic E-state index is 0.488. The molecule has 3 rings (SSSR count). The van der Waals surface area contributed by atoms with Crippen LogP contribution in [0.25, 0.3) is 0 Å². The Morgan fingerprint density at radius 1 is 1.32 bits per heavy atom. The van der Waals surface area contributed by atoms with Gasteiger partial charge in [-0.15, -0.1) is 0 Å². The quantitative estimate of drug-likeness (QED) is 0.908. The van der Waals surface area contributed by atoms with Crippen molar-refractivity contribution >= 4 is 5.95 Å². The van der Waals surface area contributed by atoms with E-state index in [0.29, 0.717) is 6.04 Å². The van der Waals surface area contributed by atoms with Crippen molar-refractivity contribution in [2.75, 3.05) is 24.5 Å². The van der Waals surface area contributed by atoms with E-state index in [1.165, 1.54) is 38.8 Å². The summed E-state index contributed by atoms with van der Waals surface area (Å²) in [5.41, 5.74) is 0. The molecule has 1 aromatic rings. The maximum Gasteiger partial charge on any atom is 0.205 e. The van der Waals surface area contributed by atoms with Gasteiger partial charge < -0.3 is 14.8 Å². The highest BCUT2D eigenvalue weighted by Gasteiger charge is 2.30. The summed E-state index contributed by atoms with van der Waals surface area (Å²) < 4.78 is 2.30. The highest BCUT2D eigenvalue weighted by Crippen LogP contribution is 2.28. The Morgan fingerprint density at radius 2 is 2.21 bits per heavy atom. The van der Waals surface area contributed by atoms with Crippen molar-refractivity contribution in [3.05, 3.63) is 12.4 Å². The van der Waals surface area contributed by atoms with E-state index in [0.717, 1.165) is 24.5 Å². The van der Waals surface area contributed by atoms with Crippen LogP contribution in [0.5, 0.6) is 0 Å². The van der Waals surface area contributed by atoms with Crippen LogP contribution in [-0.2, 0) is 0 Å². The van der Waals surface area contributed by atoms with Gasteiger partial charge in [0.15, 0.2) is 0 Å². The lowest BCUT2D eigenvalue weighted by Gasteiger charge is -2.37. The maximum absolute atomic E-state index is 4.59. The first-order valence-electron chi connectivity index (χ1n) is 7.77. The summed E-state index contributed by atoms with van der Waals surface area (Å²) in [6, 6.07) is 1.23. The molecule has 0 spiro atoms. The summed E-state index contributed by atoms with van der Waals surface area (Å²) in [7, 11) is 0. The molecule has 0 amide bonds. The lowest BCUT2D eigenvalue weighted by Crippen LogP contribution is -2.44. The highest BCUT2D eigenvalue weighted by atomic mass is 15.3. The van der Waals surface area contributed by atoms with Gasteiger partial charge >= 0.3 is 0 Å². The number of nitrogens with one attached hydrogen (secondary N) is 1. The van der Waals surface area contributed by atoms with Gasteiger partial charge in [-0.25, -0.2) is 4.98 Å². The van der Waals surface area contributed by atoms with E-state index in [2.05, 4.69) is 39.8 Å². The topological polar surface area (TPSA) is 33.1 Å². The van der Waals surface area contributed by atoms with Gasteiger partial charge in [0, 0.05) is 37.6 Å². The normalized spacial score (nSPS) is 28.3. The number of aromatic nitrogens is 2. The zero-order valence-electron chi connectivity index (χ0n) is 12.2. The molecule has 19 heavy (non-hydrogen) atoms. The van der Waals surface area contributed by atoms with E-state index in [4.69, 9.17) is 0 Å². The third kappa shape index (κ3) is 2.64. The fraction of sp³-hybridized carbons (Fsp3) is 0.800. The van der Waals surface area contributed by atoms with Gasteiger partial charge in [-0.2, -0.15) is 0 Å². The average molecular weight is 262 g/mol. The van der Waals surface area contributed by atoms with Crippen molar-refractivity contribution < 1.29 is 0 Å². The van der Waals surface area contributed by atoms with Crippen LogP contribution >= 0.6 is 0 Å². The summed E-state index contributed by atoms with van der Waals surface area (Å²) >= 11 is 0. The molecule has 3 heterocycles. The molecule has 1 N–H and O–H groups in total. The Hall–Kier alpha value is -1.03. The zero-order valence-corrected chi connectivity index (χ0v) is 12.2. The molecule has 2 saturated heterocycles. The van der Waals surface area contributed by atoms with Crippen molar-refractivity contribution in [1.82, 2.24) is 14.9 Å². The lowest BCUT2D eigenvalue weighted by molar-refractivity contribution is 0.324. The minimum atomic E-state index is 0.488. The summed E-state index contributed by atoms with van der Waals surface area (Å²) in [6.45, 7) is 7.99.